The fourth-order valence-electron chi connectivity index (χ4n) is 2.70. The number of thiol groups is 1. The second-order valence-corrected chi connectivity index (χ2v) is 5.97. The molecule has 0 N–H and O–H groups in total. The van der Waals surface area contributed by atoms with Gasteiger partial charge in [0.2, 0.25) is 0 Å². The molecule has 1 aliphatic rings. The SMILES string of the molecule is CCCCCCCCCCN1CCC(C)C1.N#CS. The molecule has 1 rings (SSSR count). The Balaban J connectivity index is 0.000000982. The topological polar surface area (TPSA) is 27.0 Å². The van der Waals surface area contributed by atoms with E-state index in [2.05, 4.69) is 31.4 Å². The highest BCUT2D eigenvalue weighted by Gasteiger charge is 2.17. The molecule has 0 radical (unpaired) electrons. The normalized spacial score (nSPS) is 18.7. The van der Waals surface area contributed by atoms with E-state index in [0.29, 0.717) is 0 Å². The molecule has 0 aliphatic carbocycles. The van der Waals surface area contributed by atoms with Gasteiger partial charge in [-0.1, -0.05) is 71.4 Å². The average Bonchev–Trinajstić information content (AvgIpc) is 2.79. The Hall–Kier alpha value is -0.200. The standard InChI is InChI=1S/C15H31N.CHNS/c1-3-4-5-6-7-8-9-10-12-16-13-11-15(2)14-16;2-1-3/h15H,3-14H2,1-2H3;3H. The maximum atomic E-state index is 7.18. The highest BCUT2D eigenvalue weighted by Crippen LogP contribution is 2.16. The van der Waals surface area contributed by atoms with Gasteiger partial charge in [-0.2, -0.15) is 5.26 Å². The van der Waals surface area contributed by atoms with Crippen LogP contribution in [0.4, 0.5) is 0 Å². The van der Waals surface area contributed by atoms with Crippen LogP contribution in [0.5, 0.6) is 0 Å². The molecule has 1 saturated heterocycles. The van der Waals surface area contributed by atoms with Gasteiger partial charge in [0, 0.05) is 6.54 Å². The number of rotatable bonds is 9. The van der Waals surface area contributed by atoms with Crippen molar-refractivity contribution in [1.82, 2.24) is 4.90 Å². The summed E-state index contributed by atoms with van der Waals surface area (Å²) in [5.74, 6) is 0.953. The smallest absolute Gasteiger partial charge is 0.130 e. The molecule has 2 nitrogen and oxygen atoms in total. The van der Waals surface area contributed by atoms with Crippen molar-refractivity contribution in [2.24, 2.45) is 5.92 Å². The molecular weight excluding hydrogens is 252 g/mol. The number of nitrogens with zero attached hydrogens (tertiary/aromatic N) is 2. The number of hydrogen-bond donors (Lipinski definition) is 1. The van der Waals surface area contributed by atoms with E-state index in [-0.39, 0.29) is 0 Å². The van der Waals surface area contributed by atoms with E-state index in [0.717, 1.165) is 5.92 Å². The third kappa shape index (κ3) is 12.6. The van der Waals surface area contributed by atoms with Gasteiger partial charge in [0.1, 0.15) is 5.40 Å². The minimum absolute atomic E-state index is 0.953. The van der Waals surface area contributed by atoms with Crippen molar-refractivity contribution in [3.63, 3.8) is 0 Å². The van der Waals surface area contributed by atoms with Crippen LogP contribution in [0.3, 0.4) is 0 Å². The minimum Gasteiger partial charge on any atom is -0.303 e. The molecule has 1 fully saturated rings. The van der Waals surface area contributed by atoms with Crippen molar-refractivity contribution >= 4 is 12.6 Å². The molecule has 1 heterocycles. The molecule has 0 bridgehead atoms. The first-order valence-electron chi connectivity index (χ1n) is 8.00. The van der Waals surface area contributed by atoms with Crippen LogP contribution in [-0.4, -0.2) is 24.5 Å². The lowest BCUT2D eigenvalue weighted by Crippen LogP contribution is -2.21. The zero-order valence-electron chi connectivity index (χ0n) is 12.9. The van der Waals surface area contributed by atoms with Crippen LogP contribution >= 0.6 is 12.6 Å². The molecule has 0 saturated carbocycles. The van der Waals surface area contributed by atoms with Crippen molar-refractivity contribution in [2.45, 2.75) is 71.6 Å². The lowest BCUT2D eigenvalue weighted by atomic mass is 10.1. The van der Waals surface area contributed by atoms with Gasteiger partial charge >= 0.3 is 0 Å². The maximum absolute atomic E-state index is 7.18. The first-order chi connectivity index (χ1) is 9.24. The second-order valence-electron chi connectivity index (χ2n) is 5.77. The van der Waals surface area contributed by atoms with Crippen molar-refractivity contribution in [1.29, 1.82) is 5.26 Å². The molecule has 3 heteroatoms. The average molecular weight is 285 g/mol. The molecule has 1 unspecified atom stereocenters. The van der Waals surface area contributed by atoms with Gasteiger partial charge in [-0.25, -0.2) is 0 Å². The lowest BCUT2D eigenvalue weighted by molar-refractivity contribution is 0.317. The van der Waals surface area contributed by atoms with E-state index >= 15 is 0 Å². The number of thiocyanates is 1. The van der Waals surface area contributed by atoms with Gasteiger partial charge in [-0.3, -0.25) is 0 Å². The first kappa shape index (κ1) is 18.8. The quantitative estimate of drug-likeness (QED) is 0.372. The summed E-state index contributed by atoms with van der Waals surface area (Å²) in [5, 5.41) is 8.63. The van der Waals surface area contributed by atoms with Gasteiger partial charge in [-0.05, 0) is 31.8 Å². The van der Waals surface area contributed by atoms with Crippen molar-refractivity contribution in [2.75, 3.05) is 19.6 Å². The third-order valence-electron chi connectivity index (χ3n) is 3.84. The Morgan fingerprint density at radius 3 is 2.11 bits per heavy atom. The van der Waals surface area contributed by atoms with Crippen molar-refractivity contribution in [3.8, 4) is 5.40 Å². The van der Waals surface area contributed by atoms with E-state index in [1.807, 2.05) is 0 Å². The van der Waals surface area contributed by atoms with Crippen LogP contribution < -0.4 is 0 Å². The van der Waals surface area contributed by atoms with Crippen LogP contribution in [0.15, 0.2) is 0 Å². The fraction of sp³-hybridized carbons (Fsp3) is 0.938. The van der Waals surface area contributed by atoms with Crippen LogP contribution in [-0.2, 0) is 0 Å². The molecule has 19 heavy (non-hydrogen) atoms. The molecule has 0 aromatic carbocycles. The second kappa shape index (κ2) is 14.2. The van der Waals surface area contributed by atoms with E-state index in [9.17, 15) is 0 Å². The number of nitriles is 1. The number of likely N-dealkylation sites (tertiary alicyclic amines) is 1. The summed E-state index contributed by atoms with van der Waals surface area (Å²) >= 11 is 3.09. The van der Waals surface area contributed by atoms with Crippen LogP contribution in [0.25, 0.3) is 0 Å². The molecule has 0 aromatic rings. The summed E-state index contributed by atoms with van der Waals surface area (Å²) in [6.07, 6.45) is 13.0. The van der Waals surface area contributed by atoms with Gasteiger partial charge in [0.25, 0.3) is 0 Å². The van der Waals surface area contributed by atoms with E-state index < -0.39 is 0 Å². The van der Waals surface area contributed by atoms with E-state index in [1.54, 1.807) is 0 Å². The maximum Gasteiger partial charge on any atom is 0.130 e. The monoisotopic (exact) mass is 284 g/mol. The molecule has 1 atom stereocenters. The molecule has 0 spiro atoms. The molecular formula is C16H32N2S. The first-order valence-corrected chi connectivity index (χ1v) is 8.44. The van der Waals surface area contributed by atoms with Crippen LogP contribution in [0.2, 0.25) is 0 Å². The predicted molar refractivity (Wildman–Crippen MR) is 87.4 cm³/mol. The van der Waals surface area contributed by atoms with Crippen LogP contribution in [0.1, 0.15) is 71.6 Å². The Morgan fingerprint density at radius 1 is 1.11 bits per heavy atom. The lowest BCUT2D eigenvalue weighted by Gasteiger charge is -2.14. The number of hydrogen-bond acceptors (Lipinski definition) is 3. The zero-order valence-corrected chi connectivity index (χ0v) is 13.8. The van der Waals surface area contributed by atoms with Crippen molar-refractivity contribution in [3.05, 3.63) is 0 Å². The van der Waals surface area contributed by atoms with Gasteiger partial charge < -0.3 is 4.90 Å². The summed E-state index contributed by atoms with van der Waals surface area (Å²) in [4.78, 5) is 2.65. The summed E-state index contributed by atoms with van der Waals surface area (Å²) in [5.41, 5.74) is 0. The van der Waals surface area contributed by atoms with Gasteiger partial charge in [0.15, 0.2) is 0 Å². The van der Waals surface area contributed by atoms with Crippen LogP contribution in [0, 0.1) is 16.6 Å². The van der Waals surface area contributed by atoms with Crippen molar-refractivity contribution < 1.29 is 0 Å². The molecule has 112 valence electrons. The number of unbranched alkanes of at least 4 members (excludes halogenated alkanes) is 7. The van der Waals surface area contributed by atoms with Gasteiger partial charge in [0.05, 0.1) is 0 Å². The minimum atomic E-state index is 0.953. The summed E-state index contributed by atoms with van der Waals surface area (Å²) in [7, 11) is 0. The van der Waals surface area contributed by atoms with Gasteiger partial charge in [-0.15, -0.1) is 0 Å². The Labute approximate surface area is 126 Å². The highest BCUT2D eigenvalue weighted by atomic mass is 32.1. The summed E-state index contributed by atoms with van der Waals surface area (Å²) in [6.45, 7) is 8.75. The molecule has 0 amide bonds. The van der Waals surface area contributed by atoms with E-state index in [4.69, 9.17) is 5.26 Å². The Kier molecular flexibility index (Phi) is 14.1. The van der Waals surface area contributed by atoms with E-state index in [1.165, 1.54) is 82.8 Å². The largest absolute Gasteiger partial charge is 0.303 e. The zero-order chi connectivity index (χ0) is 14.3. The predicted octanol–water partition coefficient (Wildman–Crippen LogP) is 4.87. The Morgan fingerprint density at radius 2 is 1.63 bits per heavy atom. The third-order valence-corrected chi connectivity index (χ3v) is 3.84. The highest BCUT2D eigenvalue weighted by molar-refractivity contribution is 7.85. The molecule has 1 aliphatic heterocycles. The Bertz CT molecular complexity index is 225. The summed E-state index contributed by atoms with van der Waals surface area (Å²) < 4.78 is 0. The summed E-state index contributed by atoms with van der Waals surface area (Å²) in [6, 6.07) is 0. The fourth-order valence-corrected chi connectivity index (χ4v) is 2.70. The molecule has 0 aromatic heterocycles.